The highest BCUT2D eigenvalue weighted by Crippen LogP contribution is 2.35. The number of benzene rings is 3. The molecule has 2 heteroatoms. The van der Waals surface area contributed by atoms with Crippen LogP contribution < -0.4 is 15.9 Å². The van der Waals surface area contributed by atoms with Gasteiger partial charge in [0.15, 0.2) is 0 Å². The van der Waals surface area contributed by atoms with Crippen molar-refractivity contribution >= 4 is 36.5 Å². The molecule has 21 heavy (non-hydrogen) atoms. The summed E-state index contributed by atoms with van der Waals surface area (Å²) in [5.41, 5.74) is 1.23. The van der Waals surface area contributed by atoms with Gasteiger partial charge in [-0.2, -0.15) is 0 Å². The van der Waals surface area contributed by atoms with Crippen molar-refractivity contribution in [3.05, 3.63) is 84.4 Å². The molecule has 0 aliphatic heterocycles. The minimum atomic E-state index is -0.559. The van der Waals surface area contributed by atoms with Gasteiger partial charge < -0.3 is 0 Å². The molecule has 0 amide bonds. The molecule has 3 rings (SSSR count). The molecule has 0 saturated carbocycles. The van der Waals surface area contributed by atoms with Crippen LogP contribution in [0, 0.1) is 6.92 Å². The predicted molar refractivity (Wildman–Crippen MR) is 97.1 cm³/mol. The highest BCUT2D eigenvalue weighted by molar-refractivity contribution is 7.84. The summed E-state index contributed by atoms with van der Waals surface area (Å²) in [6.45, 7) is 2.12. The monoisotopic (exact) mass is 308 g/mol. The van der Waals surface area contributed by atoms with E-state index in [4.69, 9.17) is 12.6 Å². The van der Waals surface area contributed by atoms with E-state index in [1.807, 2.05) is 0 Å². The first-order chi connectivity index (χ1) is 10.3. The molecule has 3 aromatic rings. The fourth-order valence-electron chi connectivity index (χ4n) is 2.41. The third-order valence-corrected chi connectivity index (χ3v) is 6.74. The van der Waals surface area contributed by atoms with Gasteiger partial charge in [-0.25, -0.2) is 0 Å². The van der Waals surface area contributed by atoms with Gasteiger partial charge in [-0.15, -0.1) is 12.6 Å². The molecule has 0 unspecified atom stereocenters. The Bertz CT molecular complexity index is 684. The Kier molecular flexibility index (Phi) is 4.43. The maximum absolute atomic E-state index is 4.77. The summed E-state index contributed by atoms with van der Waals surface area (Å²) in [6.07, 6.45) is 0. The summed E-state index contributed by atoms with van der Waals surface area (Å²) in [7, 11) is -0.559. The Morgan fingerprint density at radius 1 is 0.667 bits per heavy atom. The quantitative estimate of drug-likeness (QED) is 0.548. The Morgan fingerprint density at radius 3 is 1.71 bits per heavy atom. The molecule has 0 fully saturated rings. The standard InChI is InChI=1S/C19H17PS/c1-15-9-8-14-18(19(15)21)20(16-10-4-2-5-11-16)17-12-6-3-7-13-17/h2-14,21H,1H3. The van der Waals surface area contributed by atoms with Gasteiger partial charge in [-0.05, 0) is 36.3 Å². The summed E-state index contributed by atoms with van der Waals surface area (Å²) < 4.78 is 0. The molecule has 0 atom stereocenters. The fraction of sp³-hybridized carbons (Fsp3) is 0.0526. The lowest BCUT2D eigenvalue weighted by atomic mass is 10.2. The zero-order chi connectivity index (χ0) is 14.7. The van der Waals surface area contributed by atoms with Gasteiger partial charge >= 0.3 is 0 Å². The summed E-state index contributed by atoms with van der Waals surface area (Å²) in [5.74, 6) is 0. The Morgan fingerprint density at radius 2 is 1.19 bits per heavy atom. The van der Waals surface area contributed by atoms with E-state index in [0.717, 1.165) is 4.90 Å². The van der Waals surface area contributed by atoms with Crippen molar-refractivity contribution in [2.45, 2.75) is 11.8 Å². The number of aryl methyl sites for hydroxylation is 1. The van der Waals surface area contributed by atoms with Crippen molar-refractivity contribution in [2.24, 2.45) is 0 Å². The molecule has 104 valence electrons. The molecule has 0 N–H and O–H groups in total. The maximum Gasteiger partial charge on any atom is 0.0153 e. The number of hydrogen-bond donors (Lipinski definition) is 1. The van der Waals surface area contributed by atoms with Crippen LogP contribution in [0.1, 0.15) is 5.56 Å². The third-order valence-electron chi connectivity index (χ3n) is 3.49. The molecule has 0 aliphatic rings. The number of rotatable bonds is 3. The highest BCUT2D eigenvalue weighted by Gasteiger charge is 2.18. The number of hydrogen-bond acceptors (Lipinski definition) is 1. The summed E-state index contributed by atoms with van der Waals surface area (Å²) in [5, 5.41) is 4.05. The van der Waals surface area contributed by atoms with E-state index in [1.165, 1.54) is 21.5 Å². The van der Waals surface area contributed by atoms with Crippen molar-refractivity contribution in [3.63, 3.8) is 0 Å². The van der Waals surface area contributed by atoms with E-state index in [2.05, 4.69) is 85.8 Å². The van der Waals surface area contributed by atoms with E-state index >= 15 is 0 Å². The average molecular weight is 308 g/mol. The molecule has 0 heterocycles. The molecular weight excluding hydrogens is 291 g/mol. The highest BCUT2D eigenvalue weighted by atomic mass is 32.1. The summed E-state index contributed by atoms with van der Waals surface area (Å²) in [6, 6.07) is 27.9. The lowest BCUT2D eigenvalue weighted by Crippen LogP contribution is -2.21. The average Bonchev–Trinajstić information content (AvgIpc) is 2.54. The van der Waals surface area contributed by atoms with Crippen molar-refractivity contribution in [2.75, 3.05) is 0 Å². The Labute approximate surface area is 133 Å². The normalized spacial score (nSPS) is 10.8. The van der Waals surface area contributed by atoms with Gasteiger partial charge in [0.05, 0.1) is 0 Å². The van der Waals surface area contributed by atoms with Gasteiger partial charge in [-0.1, -0.05) is 78.9 Å². The molecule has 0 saturated heterocycles. The van der Waals surface area contributed by atoms with Crippen molar-refractivity contribution < 1.29 is 0 Å². The van der Waals surface area contributed by atoms with Gasteiger partial charge in [0, 0.05) is 4.90 Å². The Balaban J connectivity index is 2.20. The predicted octanol–water partition coefficient (Wildman–Crippen LogP) is 4.04. The molecule has 0 radical (unpaired) electrons. The fourth-order valence-corrected chi connectivity index (χ4v) is 5.27. The SMILES string of the molecule is Cc1cccc(P(c2ccccc2)c2ccccc2)c1S. The Hall–Kier alpha value is -1.56. The van der Waals surface area contributed by atoms with Gasteiger partial charge in [0.1, 0.15) is 0 Å². The van der Waals surface area contributed by atoms with E-state index in [1.54, 1.807) is 0 Å². The molecular formula is C19H17PS. The van der Waals surface area contributed by atoms with Gasteiger partial charge in [-0.3, -0.25) is 0 Å². The first kappa shape index (κ1) is 14.4. The van der Waals surface area contributed by atoms with Crippen LogP contribution in [0.5, 0.6) is 0 Å². The summed E-state index contributed by atoms with van der Waals surface area (Å²) >= 11 is 4.77. The second-order valence-corrected chi connectivity index (χ2v) is 7.58. The molecule has 0 bridgehead atoms. The van der Waals surface area contributed by atoms with Gasteiger partial charge in [0.2, 0.25) is 0 Å². The summed E-state index contributed by atoms with van der Waals surface area (Å²) in [4.78, 5) is 1.11. The third kappa shape index (κ3) is 3.05. The van der Waals surface area contributed by atoms with Crippen LogP contribution >= 0.6 is 20.6 Å². The molecule has 0 aliphatic carbocycles. The number of thiol groups is 1. The maximum atomic E-state index is 4.77. The minimum absolute atomic E-state index is 0.559. The van der Waals surface area contributed by atoms with Crippen molar-refractivity contribution in [1.29, 1.82) is 0 Å². The van der Waals surface area contributed by atoms with Crippen molar-refractivity contribution in [1.82, 2.24) is 0 Å². The second kappa shape index (κ2) is 6.47. The van der Waals surface area contributed by atoms with Crippen LogP contribution in [0.3, 0.4) is 0 Å². The van der Waals surface area contributed by atoms with E-state index in [0.29, 0.717) is 0 Å². The van der Waals surface area contributed by atoms with E-state index < -0.39 is 7.92 Å². The van der Waals surface area contributed by atoms with Gasteiger partial charge in [0.25, 0.3) is 0 Å². The van der Waals surface area contributed by atoms with Crippen LogP contribution in [-0.4, -0.2) is 0 Å². The zero-order valence-electron chi connectivity index (χ0n) is 11.9. The molecule has 0 nitrogen and oxygen atoms in total. The van der Waals surface area contributed by atoms with Crippen molar-refractivity contribution in [3.8, 4) is 0 Å². The lowest BCUT2D eigenvalue weighted by Gasteiger charge is -2.21. The van der Waals surface area contributed by atoms with Crippen LogP contribution in [0.4, 0.5) is 0 Å². The van der Waals surface area contributed by atoms with Crippen LogP contribution in [-0.2, 0) is 0 Å². The minimum Gasteiger partial charge on any atom is -0.142 e. The lowest BCUT2D eigenvalue weighted by molar-refractivity contribution is 1.35. The molecule has 3 aromatic carbocycles. The first-order valence-corrected chi connectivity index (χ1v) is 8.75. The first-order valence-electron chi connectivity index (χ1n) is 6.96. The molecule has 0 spiro atoms. The van der Waals surface area contributed by atoms with Crippen LogP contribution in [0.15, 0.2) is 83.8 Å². The topological polar surface area (TPSA) is 0 Å². The zero-order valence-corrected chi connectivity index (χ0v) is 13.7. The van der Waals surface area contributed by atoms with E-state index in [-0.39, 0.29) is 0 Å². The largest absolute Gasteiger partial charge is 0.142 e. The molecule has 0 aromatic heterocycles. The van der Waals surface area contributed by atoms with Crippen LogP contribution in [0.2, 0.25) is 0 Å². The van der Waals surface area contributed by atoms with E-state index in [9.17, 15) is 0 Å². The van der Waals surface area contributed by atoms with Crippen LogP contribution in [0.25, 0.3) is 0 Å². The smallest absolute Gasteiger partial charge is 0.0153 e. The second-order valence-electron chi connectivity index (χ2n) is 4.95.